The fourth-order valence-corrected chi connectivity index (χ4v) is 3.96. The zero-order valence-electron chi connectivity index (χ0n) is 14.4. The number of hydrogen-bond donors (Lipinski definition) is 1. The van der Waals surface area contributed by atoms with E-state index in [4.69, 9.17) is 18.5 Å². The Labute approximate surface area is 157 Å². The highest BCUT2D eigenvalue weighted by Crippen LogP contribution is 2.49. The van der Waals surface area contributed by atoms with E-state index >= 15 is 0 Å². The molecule has 1 aliphatic heterocycles. The predicted octanol–water partition coefficient (Wildman–Crippen LogP) is 5.14. The Morgan fingerprint density at radius 1 is 0.741 bits per heavy atom. The minimum absolute atomic E-state index is 0.432. The Hall–Kier alpha value is -3.11. The van der Waals surface area contributed by atoms with Gasteiger partial charge in [-0.25, -0.2) is 4.57 Å². The maximum absolute atomic E-state index is 13.5. The molecule has 1 heterocycles. The van der Waals surface area contributed by atoms with Crippen LogP contribution in [0, 0.1) is 0 Å². The highest BCUT2D eigenvalue weighted by atomic mass is 31.2. The van der Waals surface area contributed by atoms with Crippen LogP contribution in [0.1, 0.15) is 0 Å². The molecule has 3 aromatic rings. The second kappa shape index (κ2) is 7.64. The fraction of sp³-hybridized carbons (Fsp3) is 0.100. The summed E-state index contributed by atoms with van der Waals surface area (Å²) in [7, 11) is -3.77. The summed E-state index contributed by atoms with van der Waals surface area (Å²) in [4.78, 5) is 0. The summed E-state index contributed by atoms with van der Waals surface area (Å²) in [5, 5.41) is 2.88. The lowest BCUT2D eigenvalue weighted by Gasteiger charge is -2.23. The highest BCUT2D eigenvalue weighted by molar-refractivity contribution is 7.56. The highest BCUT2D eigenvalue weighted by Gasteiger charge is 2.29. The van der Waals surface area contributed by atoms with E-state index in [0.717, 1.165) is 0 Å². The van der Waals surface area contributed by atoms with Gasteiger partial charge in [0.15, 0.2) is 11.5 Å². The Bertz CT molecular complexity index is 904. The van der Waals surface area contributed by atoms with Crippen molar-refractivity contribution in [3.05, 3.63) is 78.9 Å². The summed E-state index contributed by atoms with van der Waals surface area (Å²) in [5.74, 6) is 2.09. The predicted molar refractivity (Wildman–Crippen MR) is 103 cm³/mol. The molecule has 1 N–H and O–H groups in total. The molecular formula is C20H18NO5P. The van der Waals surface area contributed by atoms with Crippen molar-refractivity contribution in [2.75, 3.05) is 18.3 Å². The number of ether oxygens (including phenoxy) is 2. The van der Waals surface area contributed by atoms with E-state index in [1.165, 1.54) is 0 Å². The number of nitrogens with one attached hydrogen (secondary N) is 1. The summed E-state index contributed by atoms with van der Waals surface area (Å²) in [6.45, 7) is 0.974. The third kappa shape index (κ3) is 4.36. The molecule has 27 heavy (non-hydrogen) atoms. The normalized spacial score (nSPS) is 12.9. The number of para-hydroxylation sites is 2. The molecule has 7 heteroatoms. The van der Waals surface area contributed by atoms with Crippen LogP contribution in [0.2, 0.25) is 0 Å². The SMILES string of the molecule is O=P(Nc1ccc2c(c1)OCCO2)(Oc1ccccc1)Oc1ccccc1. The van der Waals surface area contributed by atoms with Gasteiger partial charge in [-0.05, 0) is 36.4 Å². The van der Waals surface area contributed by atoms with Crippen LogP contribution < -0.4 is 23.6 Å². The van der Waals surface area contributed by atoms with Crippen LogP contribution in [0.15, 0.2) is 78.9 Å². The molecule has 6 nitrogen and oxygen atoms in total. The molecule has 0 aliphatic carbocycles. The van der Waals surface area contributed by atoms with Crippen LogP contribution in [0.25, 0.3) is 0 Å². The van der Waals surface area contributed by atoms with Crippen molar-refractivity contribution in [1.29, 1.82) is 0 Å². The molecular weight excluding hydrogens is 365 g/mol. The van der Waals surface area contributed by atoms with Gasteiger partial charge in [0, 0.05) is 11.8 Å². The number of benzene rings is 3. The van der Waals surface area contributed by atoms with Gasteiger partial charge in [0.25, 0.3) is 0 Å². The topological polar surface area (TPSA) is 66.0 Å². The van der Waals surface area contributed by atoms with Gasteiger partial charge in [0.1, 0.15) is 24.7 Å². The van der Waals surface area contributed by atoms with E-state index in [0.29, 0.717) is 41.9 Å². The lowest BCUT2D eigenvalue weighted by molar-refractivity contribution is 0.171. The second-order valence-electron chi connectivity index (χ2n) is 5.78. The van der Waals surface area contributed by atoms with Crippen LogP contribution in [0.5, 0.6) is 23.0 Å². The summed E-state index contributed by atoms with van der Waals surface area (Å²) in [6, 6.07) is 23.0. The molecule has 3 aromatic carbocycles. The van der Waals surface area contributed by atoms with Gasteiger partial charge in [-0.1, -0.05) is 36.4 Å². The summed E-state index contributed by atoms with van der Waals surface area (Å²) in [6.07, 6.45) is 0. The van der Waals surface area contributed by atoms with Crippen LogP contribution in [-0.4, -0.2) is 13.2 Å². The van der Waals surface area contributed by atoms with E-state index in [1.54, 1.807) is 66.7 Å². The molecule has 0 saturated heterocycles. The van der Waals surface area contributed by atoms with Crippen molar-refractivity contribution in [3.63, 3.8) is 0 Å². The Morgan fingerprint density at radius 3 is 1.89 bits per heavy atom. The zero-order valence-corrected chi connectivity index (χ0v) is 15.3. The molecule has 0 unspecified atom stereocenters. The number of rotatable bonds is 6. The monoisotopic (exact) mass is 383 g/mol. The maximum atomic E-state index is 13.5. The van der Waals surface area contributed by atoms with E-state index in [-0.39, 0.29) is 0 Å². The largest absolute Gasteiger partial charge is 0.541 e. The first-order valence-electron chi connectivity index (χ1n) is 8.47. The van der Waals surface area contributed by atoms with Gasteiger partial charge >= 0.3 is 7.75 Å². The molecule has 4 rings (SSSR count). The van der Waals surface area contributed by atoms with Crippen LogP contribution in [0.4, 0.5) is 5.69 Å². The zero-order chi connectivity index (χ0) is 18.5. The number of fused-ring (bicyclic) bond motifs is 1. The Kier molecular flexibility index (Phi) is 4.90. The van der Waals surface area contributed by atoms with Gasteiger partial charge in [-0.2, -0.15) is 0 Å². The van der Waals surface area contributed by atoms with Crippen molar-refractivity contribution in [3.8, 4) is 23.0 Å². The molecule has 138 valence electrons. The van der Waals surface area contributed by atoms with Crippen molar-refractivity contribution in [1.82, 2.24) is 0 Å². The quantitative estimate of drug-likeness (QED) is 0.595. The molecule has 0 atom stereocenters. The standard InChI is InChI=1S/C20H18NO5P/c22-27(25-17-7-3-1-4-8-17,26-18-9-5-2-6-10-18)21-16-11-12-19-20(15-16)24-14-13-23-19/h1-12,15H,13-14H2,(H,21,22). The minimum Gasteiger partial charge on any atom is -0.486 e. The molecule has 0 amide bonds. The van der Waals surface area contributed by atoms with Gasteiger partial charge in [-0.15, -0.1) is 0 Å². The average molecular weight is 383 g/mol. The third-order valence-electron chi connectivity index (χ3n) is 3.75. The lowest BCUT2D eigenvalue weighted by Crippen LogP contribution is -2.15. The van der Waals surface area contributed by atoms with Crippen LogP contribution in [-0.2, 0) is 4.57 Å². The first kappa shape index (κ1) is 17.3. The molecule has 0 radical (unpaired) electrons. The molecule has 0 bridgehead atoms. The Morgan fingerprint density at radius 2 is 1.30 bits per heavy atom. The first-order valence-corrected chi connectivity index (χ1v) is 10.0. The average Bonchev–Trinajstić information content (AvgIpc) is 2.69. The molecule has 1 aliphatic rings. The van der Waals surface area contributed by atoms with E-state index in [2.05, 4.69) is 5.09 Å². The second-order valence-corrected chi connectivity index (χ2v) is 7.36. The summed E-state index contributed by atoms with van der Waals surface area (Å²) in [5.41, 5.74) is 0.537. The van der Waals surface area contributed by atoms with Crippen LogP contribution in [0.3, 0.4) is 0 Å². The van der Waals surface area contributed by atoms with Gasteiger partial charge in [-0.3, -0.25) is 5.09 Å². The van der Waals surface area contributed by atoms with Crippen molar-refractivity contribution in [2.45, 2.75) is 0 Å². The lowest BCUT2D eigenvalue weighted by atomic mass is 10.3. The fourth-order valence-electron chi connectivity index (χ4n) is 2.58. The third-order valence-corrected chi connectivity index (χ3v) is 5.18. The maximum Gasteiger partial charge on any atom is 0.541 e. The molecule has 0 aromatic heterocycles. The summed E-state index contributed by atoms with van der Waals surface area (Å²) >= 11 is 0. The first-order chi connectivity index (χ1) is 13.2. The van der Waals surface area contributed by atoms with Gasteiger partial charge in [0.2, 0.25) is 0 Å². The van der Waals surface area contributed by atoms with Gasteiger partial charge < -0.3 is 18.5 Å². The minimum atomic E-state index is -3.77. The van der Waals surface area contributed by atoms with Crippen molar-refractivity contribution >= 4 is 13.4 Å². The number of hydrogen-bond acceptors (Lipinski definition) is 5. The van der Waals surface area contributed by atoms with Crippen molar-refractivity contribution in [2.24, 2.45) is 0 Å². The number of anilines is 1. The van der Waals surface area contributed by atoms with Gasteiger partial charge in [0.05, 0.1) is 0 Å². The van der Waals surface area contributed by atoms with E-state index < -0.39 is 7.75 Å². The molecule has 0 spiro atoms. The molecule has 0 fully saturated rings. The van der Waals surface area contributed by atoms with E-state index in [1.807, 2.05) is 12.1 Å². The van der Waals surface area contributed by atoms with Crippen LogP contribution >= 0.6 is 7.75 Å². The summed E-state index contributed by atoms with van der Waals surface area (Å²) < 4.78 is 36.0. The molecule has 0 saturated carbocycles. The van der Waals surface area contributed by atoms with E-state index in [9.17, 15) is 4.57 Å². The smallest absolute Gasteiger partial charge is 0.486 e. The Balaban J connectivity index is 1.62. The van der Waals surface area contributed by atoms with Crippen molar-refractivity contribution < 1.29 is 23.1 Å².